The van der Waals surface area contributed by atoms with Crippen LogP contribution in [0.1, 0.15) is 16.6 Å². The molecule has 0 aliphatic rings. The summed E-state index contributed by atoms with van der Waals surface area (Å²) >= 11 is 3.10. The first kappa shape index (κ1) is 9.61. The Labute approximate surface area is 80.4 Å². The van der Waals surface area contributed by atoms with E-state index >= 15 is 0 Å². The summed E-state index contributed by atoms with van der Waals surface area (Å²) in [4.78, 5) is 13.3. The quantitative estimate of drug-likeness (QED) is 0.760. The van der Waals surface area contributed by atoms with Gasteiger partial charge in [-0.25, -0.2) is 0 Å². The lowest BCUT2D eigenvalue weighted by atomic mass is 10.4. The van der Waals surface area contributed by atoms with E-state index in [1.54, 1.807) is 11.8 Å². The highest BCUT2D eigenvalue weighted by Gasteiger charge is 2.10. The number of thioether (sulfide) groups is 1. The molecule has 66 valence electrons. The minimum Gasteiger partial charge on any atom is -0.352 e. The standard InChI is InChI=1S/C8H11NOS2/c1-3-9-8(10)7-6(11-2)4-5-12-7/h4-5H,3H2,1-2H3,(H,9,10). The summed E-state index contributed by atoms with van der Waals surface area (Å²) < 4.78 is 0. The van der Waals surface area contributed by atoms with Gasteiger partial charge in [0.25, 0.3) is 5.91 Å². The van der Waals surface area contributed by atoms with Crippen LogP contribution in [-0.2, 0) is 0 Å². The van der Waals surface area contributed by atoms with Gasteiger partial charge in [0.05, 0.1) is 0 Å². The highest BCUT2D eigenvalue weighted by atomic mass is 32.2. The van der Waals surface area contributed by atoms with Crippen molar-refractivity contribution >= 4 is 29.0 Å². The van der Waals surface area contributed by atoms with Crippen LogP contribution in [0.3, 0.4) is 0 Å². The Bertz CT molecular complexity index is 270. The molecule has 0 saturated carbocycles. The second kappa shape index (κ2) is 4.52. The summed E-state index contributed by atoms with van der Waals surface area (Å²) in [5.74, 6) is 0.0388. The normalized spacial score (nSPS) is 9.83. The second-order valence-corrected chi connectivity index (χ2v) is 3.94. The van der Waals surface area contributed by atoms with Crippen molar-refractivity contribution in [1.82, 2.24) is 5.32 Å². The molecule has 0 unspecified atom stereocenters. The van der Waals surface area contributed by atoms with E-state index in [1.807, 2.05) is 24.6 Å². The highest BCUT2D eigenvalue weighted by molar-refractivity contribution is 7.98. The molecule has 0 aromatic carbocycles. The van der Waals surface area contributed by atoms with Crippen LogP contribution >= 0.6 is 23.1 Å². The first-order valence-electron chi connectivity index (χ1n) is 3.69. The van der Waals surface area contributed by atoms with E-state index in [0.717, 1.165) is 9.77 Å². The molecule has 1 heterocycles. The number of carbonyl (C=O) groups excluding carboxylic acids is 1. The summed E-state index contributed by atoms with van der Waals surface area (Å²) in [6.45, 7) is 2.61. The summed E-state index contributed by atoms with van der Waals surface area (Å²) in [5.41, 5.74) is 0. The zero-order valence-electron chi connectivity index (χ0n) is 7.09. The van der Waals surface area contributed by atoms with Crippen LogP contribution in [-0.4, -0.2) is 18.7 Å². The molecule has 1 aromatic heterocycles. The molecule has 2 nitrogen and oxygen atoms in total. The molecule has 0 bridgehead atoms. The van der Waals surface area contributed by atoms with Crippen LogP contribution in [0.5, 0.6) is 0 Å². The van der Waals surface area contributed by atoms with Gasteiger partial charge in [-0.2, -0.15) is 0 Å². The van der Waals surface area contributed by atoms with Crippen molar-refractivity contribution in [3.8, 4) is 0 Å². The van der Waals surface area contributed by atoms with Crippen molar-refractivity contribution in [2.45, 2.75) is 11.8 Å². The van der Waals surface area contributed by atoms with Crippen molar-refractivity contribution in [2.75, 3.05) is 12.8 Å². The van der Waals surface area contributed by atoms with Gasteiger partial charge in [-0.15, -0.1) is 23.1 Å². The van der Waals surface area contributed by atoms with Crippen LogP contribution in [0, 0.1) is 0 Å². The molecule has 0 atom stereocenters. The number of thiophene rings is 1. The number of nitrogens with one attached hydrogen (secondary N) is 1. The van der Waals surface area contributed by atoms with Crippen molar-refractivity contribution in [3.63, 3.8) is 0 Å². The van der Waals surface area contributed by atoms with Crippen LogP contribution in [0.2, 0.25) is 0 Å². The van der Waals surface area contributed by atoms with E-state index in [0.29, 0.717) is 6.54 Å². The lowest BCUT2D eigenvalue weighted by Gasteiger charge is -2.00. The van der Waals surface area contributed by atoms with Gasteiger partial charge in [-0.1, -0.05) is 0 Å². The molecule has 0 radical (unpaired) electrons. The lowest BCUT2D eigenvalue weighted by Crippen LogP contribution is -2.21. The molecular weight excluding hydrogens is 190 g/mol. The predicted molar refractivity (Wildman–Crippen MR) is 54.1 cm³/mol. The maximum atomic E-state index is 11.4. The second-order valence-electron chi connectivity index (χ2n) is 2.18. The molecule has 12 heavy (non-hydrogen) atoms. The fourth-order valence-electron chi connectivity index (χ4n) is 0.865. The average molecular weight is 201 g/mol. The highest BCUT2D eigenvalue weighted by Crippen LogP contribution is 2.25. The summed E-state index contributed by atoms with van der Waals surface area (Å²) in [6, 6.07) is 1.97. The number of hydrogen-bond acceptors (Lipinski definition) is 3. The van der Waals surface area contributed by atoms with Gasteiger partial charge in [-0.3, -0.25) is 4.79 Å². The molecule has 0 fully saturated rings. The lowest BCUT2D eigenvalue weighted by molar-refractivity contribution is 0.0957. The van der Waals surface area contributed by atoms with E-state index in [9.17, 15) is 4.79 Å². The zero-order valence-corrected chi connectivity index (χ0v) is 8.72. The number of hydrogen-bond donors (Lipinski definition) is 1. The Morgan fingerprint density at radius 3 is 3.08 bits per heavy atom. The molecule has 0 saturated heterocycles. The van der Waals surface area contributed by atoms with E-state index in [1.165, 1.54) is 11.3 Å². The van der Waals surface area contributed by atoms with Gasteiger partial charge in [0, 0.05) is 11.4 Å². The minimum atomic E-state index is 0.0388. The van der Waals surface area contributed by atoms with Gasteiger partial charge in [-0.05, 0) is 24.6 Å². The summed E-state index contributed by atoms with van der Waals surface area (Å²) in [5, 5.41) is 4.72. The number of amides is 1. The van der Waals surface area contributed by atoms with Gasteiger partial charge >= 0.3 is 0 Å². The third-order valence-electron chi connectivity index (χ3n) is 1.39. The Morgan fingerprint density at radius 2 is 2.50 bits per heavy atom. The monoisotopic (exact) mass is 201 g/mol. The maximum absolute atomic E-state index is 11.4. The van der Waals surface area contributed by atoms with E-state index in [2.05, 4.69) is 5.32 Å². The number of carbonyl (C=O) groups is 1. The van der Waals surface area contributed by atoms with Crippen molar-refractivity contribution in [2.24, 2.45) is 0 Å². The first-order chi connectivity index (χ1) is 5.79. The van der Waals surface area contributed by atoms with E-state index < -0.39 is 0 Å². The predicted octanol–water partition coefficient (Wildman–Crippen LogP) is 2.22. The van der Waals surface area contributed by atoms with Crippen molar-refractivity contribution in [1.29, 1.82) is 0 Å². The Balaban J connectivity index is 2.79. The van der Waals surface area contributed by atoms with E-state index in [-0.39, 0.29) is 5.91 Å². The molecule has 0 spiro atoms. The van der Waals surface area contributed by atoms with Gasteiger partial charge < -0.3 is 5.32 Å². The van der Waals surface area contributed by atoms with Crippen molar-refractivity contribution < 1.29 is 4.79 Å². The first-order valence-corrected chi connectivity index (χ1v) is 5.79. The largest absolute Gasteiger partial charge is 0.352 e. The van der Waals surface area contributed by atoms with Gasteiger partial charge in [0.1, 0.15) is 4.88 Å². The smallest absolute Gasteiger partial charge is 0.262 e. The van der Waals surface area contributed by atoms with Crippen LogP contribution in [0.25, 0.3) is 0 Å². The molecule has 4 heteroatoms. The fourth-order valence-corrected chi connectivity index (χ4v) is 2.53. The number of rotatable bonds is 3. The molecule has 0 aliphatic carbocycles. The zero-order chi connectivity index (χ0) is 8.97. The van der Waals surface area contributed by atoms with Crippen molar-refractivity contribution in [3.05, 3.63) is 16.3 Å². The molecule has 1 aromatic rings. The molecular formula is C8H11NOS2. The molecule has 0 aliphatic heterocycles. The SMILES string of the molecule is CCNC(=O)c1sccc1SC. The van der Waals surface area contributed by atoms with E-state index in [4.69, 9.17) is 0 Å². The van der Waals surface area contributed by atoms with Gasteiger partial charge in [0.2, 0.25) is 0 Å². The average Bonchev–Trinajstić information content (AvgIpc) is 2.51. The third-order valence-corrected chi connectivity index (χ3v) is 3.21. The summed E-state index contributed by atoms with van der Waals surface area (Å²) in [6.07, 6.45) is 1.98. The maximum Gasteiger partial charge on any atom is 0.262 e. The molecule has 1 N–H and O–H groups in total. The van der Waals surface area contributed by atoms with Crippen LogP contribution in [0.4, 0.5) is 0 Å². The Kier molecular flexibility index (Phi) is 3.62. The van der Waals surface area contributed by atoms with Crippen LogP contribution < -0.4 is 5.32 Å². The molecule has 1 rings (SSSR count). The summed E-state index contributed by atoms with van der Waals surface area (Å²) in [7, 11) is 0. The minimum absolute atomic E-state index is 0.0388. The fraction of sp³-hybridized carbons (Fsp3) is 0.375. The van der Waals surface area contributed by atoms with Gasteiger partial charge in [0.15, 0.2) is 0 Å². The Hall–Kier alpha value is -0.480. The molecule has 1 amide bonds. The topological polar surface area (TPSA) is 29.1 Å². The third kappa shape index (κ3) is 2.01. The Morgan fingerprint density at radius 1 is 1.75 bits per heavy atom. The van der Waals surface area contributed by atoms with Crippen LogP contribution in [0.15, 0.2) is 16.3 Å².